The molecule has 1 fully saturated rings. The molecule has 0 saturated heterocycles. The quantitative estimate of drug-likeness (QED) is 0.271. The summed E-state index contributed by atoms with van der Waals surface area (Å²) in [7, 11) is 0. The fraction of sp³-hybridized carbons (Fsp3) is 0.344. The van der Waals surface area contributed by atoms with E-state index in [1.54, 1.807) is 12.3 Å². The molecule has 1 aliphatic rings. The van der Waals surface area contributed by atoms with Crippen LogP contribution in [0.4, 0.5) is 0 Å². The molecule has 2 atom stereocenters. The Morgan fingerprint density at radius 2 is 1.82 bits per heavy atom. The molecule has 2 amide bonds. The molecule has 0 radical (unpaired) electrons. The number of fused-ring (bicyclic) bond motifs is 1. The number of hydrogen-bond acceptors (Lipinski definition) is 3. The van der Waals surface area contributed by atoms with Gasteiger partial charge in [0.2, 0.25) is 5.91 Å². The van der Waals surface area contributed by atoms with Gasteiger partial charge in [0.25, 0.3) is 5.91 Å². The first-order valence-electron chi connectivity index (χ1n) is 13.6. The van der Waals surface area contributed by atoms with E-state index in [1.165, 1.54) is 6.42 Å². The first kappa shape index (κ1) is 25.7. The van der Waals surface area contributed by atoms with E-state index in [2.05, 4.69) is 20.6 Å². The second-order valence-electron chi connectivity index (χ2n) is 10.8. The molecule has 38 heavy (non-hydrogen) atoms. The van der Waals surface area contributed by atoms with E-state index < -0.39 is 5.54 Å². The third kappa shape index (κ3) is 5.64. The number of carbonyl (C=O) groups is 2. The number of H-pyrrole nitrogens is 1. The molecular weight excluding hydrogens is 472 g/mol. The fourth-order valence-electron chi connectivity index (χ4n) is 5.71. The van der Waals surface area contributed by atoms with E-state index >= 15 is 0 Å². The molecule has 3 N–H and O–H groups in total. The Morgan fingerprint density at radius 3 is 2.58 bits per heavy atom. The van der Waals surface area contributed by atoms with Crippen molar-refractivity contribution in [3.05, 3.63) is 102 Å². The van der Waals surface area contributed by atoms with Gasteiger partial charge in [-0.15, -0.1) is 0 Å². The van der Waals surface area contributed by atoms with Crippen molar-refractivity contribution in [3.8, 4) is 0 Å². The van der Waals surface area contributed by atoms with Crippen molar-refractivity contribution < 1.29 is 9.59 Å². The van der Waals surface area contributed by atoms with Crippen LogP contribution in [0, 0.1) is 12.8 Å². The van der Waals surface area contributed by atoms with Crippen LogP contribution in [-0.2, 0) is 11.2 Å². The van der Waals surface area contributed by atoms with Crippen LogP contribution in [0.5, 0.6) is 0 Å². The monoisotopic (exact) mass is 508 g/mol. The fourth-order valence-corrected chi connectivity index (χ4v) is 5.71. The van der Waals surface area contributed by atoms with Gasteiger partial charge in [-0.05, 0) is 68.5 Å². The Kier molecular flexibility index (Phi) is 7.59. The van der Waals surface area contributed by atoms with Gasteiger partial charge in [0, 0.05) is 35.3 Å². The summed E-state index contributed by atoms with van der Waals surface area (Å²) < 4.78 is 0. The lowest BCUT2D eigenvalue weighted by Gasteiger charge is -2.35. The number of nitrogens with one attached hydrogen (secondary N) is 3. The molecule has 1 saturated carbocycles. The van der Waals surface area contributed by atoms with Crippen LogP contribution in [0.1, 0.15) is 72.2 Å². The Labute approximate surface area is 224 Å². The number of benzene rings is 2. The first-order valence-corrected chi connectivity index (χ1v) is 13.6. The number of aryl methyl sites for hydroxylation is 1. The zero-order valence-corrected chi connectivity index (χ0v) is 22.2. The number of nitrogens with zero attached hydrogens (tertiary/aromatic N) is 1. The van der Waals surface area contributed by atoms with Gasteiger partial charge in [-0.2, -0.15) is 0 Å². The molecule has 196 valence electrons. The van der Waals surface area contributed by atoms with Gasteiger partial charge in [-0.3, -0.25) is 14.6 Å². The predicted molar refractivity (Wildman–Crippen MR) is 151 cm³/mol. The minimum atomic E-state index is -1.19. The number of hydrogen-bond donors (Lipinski definition) is 3. The maximum atomic E-state index is 14.2. The minimum absolute atomic E-state index is 0.204. The highest BCUT2D eigenvalue weighted by atomic mass is 16.2. The van der Waals surface area contributed by atoms with Crippen LogP contribution in [0.15, 0.2) is 79.1 Å². The summed E-state index contributed by atoms with van der Waals surface area (Å²) in [5.74, 6) is -0.157. The molecule has 0 aliphatic heterocycles. The lowest BCUT2D eigenvalue weighted by molar-refractivity contribution is -0.128. The van der Waals surface area contributed by atoms with Crippen molar-refractivity contribution in [1.82, 2.24) is 20.6 Å². The summed E-state index contributed by atoms with van der Waals surface area (Å²) in [6.45, 7) is 3.78. The van der Waals surface area contributed by atoms with E-state index in [4.69, 9.17) is 0 Å². The highest BCUT2D eigenvalue weighted by Gasteiger charge is 2.39. The van der Waals surface area contributed by atoms with Gasteiger partial charge in [-0.25, -0.2) is 0 Å². The Bertz CT molecular complexity index is 1410. The van der Waals surface area contributed by atoms with Crippen molar-refractivity contribution in [3.63, 3.8) is 0 Å². The zero-order valence-electron chi connectivity index (χ0n) is 22.2. The average molecular weight is 509 g/mol. The first-order chi connectivity index (χ1) is 18.4. The number of pyridine rings is 1. The molecule has 1 unspecified atom stereocenters. The number of aromatic amines is 1. The summed E-state index contributed by atoms with van der Waals surface area (Å²) in [4.78, 5) is 35.6. The summed E-state index contributed by atoms with van der Waals surface area (Å²) >= 11 is 0. The third-order valence-electron chi connectivity index (χ3n) is 7.80. The standard InChI is InChI=1S/C32H36N4O2/c1-22-11-10-14-24(19-22)30(37)36-32(2,20-25-21-34-27-16-7-6-15-26(25)27)31(38)35-29(23-12-4-3-5-13-23)28-17-8-9-18-33-28/h6-11,14-19,21,23,29,34H,3-5,12-13,20H2,1-2H3,(H,35,38)(H,36,37)/t29?,32-/m0/s1. The summed E-state index contributed by atoms with van der Waals surface area (Å²) in [5.41, 5.74) is 3.20. The molecular formula is C32H36N4O2. The Balaban J connectivity index is 1.48. The highest BCUT2D eigenvalue weighted by Crippen LogP contribution is 2.34. The van der Waals surface area contributed by atoms with E-state index in [0.717, 1.165) is 53.4 Å². The van der Waals surface area contributed by atoms with Crippen molar-refractivity contribution in [1.29, 1.82) is 0 Å². The maximum Gasteiger partial charge on any atom is 0.252 e. The van der Waals surface area contributed by atoms with Crippen LogP contribution >= 0.6 is 0 Å². The number of rotatable bonds is 8. The third-order valence-corrected chi connectivity index (χ3v) is 7.80. The largest absolute Gasteiger partial charge is 0.361 e. The molecule has 2 heterocycles. The summed E-state index contributed by atoms with van der Waals surface area (Å²) in [6.07, 6.45) is 9.70. The van der Waals surface area contributed by atoms with E-state index in [-0.39, 0.29) is 17.9 Å². The summed E-state index contributed by atoms with van der Waals surface area (Å²) in [6, 6.07) is 21.1. The molecule has 4 aromatic rings. The molecule has 6 nitrogen and oxygen atoms in total. The number of para-hydroxylation sites is 1. The molecule has 2 aromatic heterocycles. The molecule has 2 aromatic carbocycles. The smallest absolute Gasteiger partial charge is 0.252 e. The number of amides is 2. The maximum absolute atomic E-state index is 14.2. The SMILES string of the molecule is Cc1cccc(C(=O)N[C@@](C)(Cc2c[nH]c3ccccc23)C(=O)NC(c2ccccn2)C2CCCCC2)c1. The average Bonchev–Trinajstić information content (AvgIpc) is 3.34. The van der Waals surface area contributed by atoms with E-state index in [0.29, 0.717) is 17.9 Å². The number of aromatic nitrogens is 2. The van der Waals surface area contributed by atoms with Gasteiger partial charge in [-0.1, -0.05) is 61.2 Å². The van der Waals surface area contributed by atoms with Gasteiger partial charge < -0.3 is 15.6 Å². The van der Waals surface area contributed by atoms with Crippen molar-refractivity contribution in [2.45, 2.75) is 64.0 Å². The van der Waals surface area contributed by atoms with Gasteiger partial charge in [0.05, 0.1) is 11.7 Å². The van der Waals surface area contributed by atoms with Crippen molar-refractivity contribution >= 4 is 22.7 Å². The highest BCUT2D eigenvalue weighted by molar-refractivity contribution is 5.99. The van der Waals surface area contributed by atoms with Crippen molar-refractivity contribution in [2.75, 3.05) is 0 Å². The Morgan fingerprint density at radius 1 is 1.03 bits per heavy atom. The lowest BCUT2D eigenvalue weighted by Crippen LogP contribution is -2.59. The van der Waals surface area contributed by atoms with Gasteiger partial charge in [0.15, 0.2) is 0 Å². The molecule has 6 heteroatoms. The van der Waals surface area contributed by atoms with Gasteiger partial charge in [0.1, 0.15) is 5.54 Å². The summed E-state index contributed by atoms with van der Waals surface area (Å²) in [5, 5.41) is 7.51. The van der Waals surface area contributed by atoms with Gasteiger partial charge >= 0.3 is 0 Å². The lowest BCUT2D eigenvalue weighted by atomic mass is 9.81. The normalized spacial score (nSPS) is 16.5. The van der Waals surface area contributed by atoms with Crippen LogP contribution in [0.3, 0.4) is 0 Å². The minimum Gasteiger partial charge on any atom is -0.361 e. The zero-order chi connectivity index (χ0) is 26.5. The number of carbonyl (C=O) groups excluding carboxylic acids is 2. The second kappa shape index (κ2) is 11.2. The van der Waals surface area contributed by atoms with Crippen LogP contribution in [0.2, 0.25) is 0 Å². The molecule has 1 aliphatic carbocycles. The van der Waals surface area contributed by atoms with Crippen LogP contribution in [0.25, 0.3) is 10.9 Å². The molecule has 0 bridgehead atoms. The molecule has 0 spiro atoms. The molecule has 5 rings (SSSR count). The topological polar surface area (TPSA) is 86.9 Å². The second-order valence-corrected chi connectivity index (χ2v) is 10.8. The van der Waals surface area contributed by atoms with Crippen LogP contribution in [-0.4, -0.2) is 27.3 Å². The van der Waals surface area contributed by atoms with E-state index in [1.807, 2.05) is 80.7 Å². The predicted octanol–water partition coefficient (Wildman–Crippen LogP) is 6.04. The Hall–Kier alpha value is -3.93. The van der Waals surface area contributed by atoms with E-state index in [9.17, 15) is 9.59 Å². The van der Waals surface area contributed by atoms with Crippen molar-refractivity contribution in [2.24, 2.45) is 5.92 Å². The van der Waals surface area contributed by atoms with Crippen LogP contribution < -0.4 is 10.6 Å².